The Hall–Kier alpha value is -2.31. The molecule has 0 aliphatic heterocycles. The van der Waals surface area contributed by atoms with Crippen molar-refractivity contribution in [2.45, 2.75) is 70.0 Å². The third kappa shape index (κ3) is 5.19. The van der Waals surface area contributed by atoms with E-state index in [1.807, 2.05) is 54.8 Å². The van der Waals surface area contributed by atoms with Crippen molar-refractivity contribution in [2.75, 3.05) is 0 Å². The van der Waals surface area contributed by atoms with E-state index in [0.717, 1.165) is 11.1 Å². The smallest absolute Gasteiger partial charge is 0.257 e. The Morgan fingerprint density at radius 2 is 1.21 bits per heavy atom. The van der Waals surface area contributed by atoms with Gasteiger partial charge in [-0.25, -0.2) is 0 Å². The molecule has 0 bridgehead atoms. The van der Waals surface area contributed by atoms with E-state index in [-0.39, 0.29) is 11.8 Å². The Balaban J connectivity index is 2.42. The van der Waals surface area contributed by atoms with E-state index >= 15 is 0 Å². The van der Waals surface area contributed by atoms with Crippen molar-refractivity contribution in [1.82, 2.24) is 0 Å². The fourth-order valence-electron chi connectivity index (χ4n) is 4.76. The van der Waals surface area contributed by atoms with Gasteiger partial charge in [0.05, 0.1) is 18.2 Å². The second kappa shape index (κ2) is 10.5. The zero-order valence-electron chi connectivity index (χ0n) is 18.7. The van der Waals surface area contributed by atoms with E-state index in [0.29, 0.717) is 16.6 Å². The Labute approximate surface area is 178 Å². The van der Waals surface area contributed by atoms with Gasteiger partial charge in [-0.2, -0.15) is 5.26 Å². The van der Waals surface area contributed by atoms with Crippen LogP contribution in [-0.4, -0.2) is 8.32 Å². The van der Waals surface area contributed by atoms with Gasteiger partial charge in [-0.15, -0.1) is 0 Å². The summed E-state index contributed by atoms with van der Waals surface area (Å²) in [5.41, 5.74) is 3.72. The molecule has 0 fully saturated rings. The summed E-state index contributed by atoms with van der Waals surface area (Å²) >= 11 is 0. The van der Waals surface area contributed by atoms with Crippen LogP contribution in [0.1, 0.15) is 64.5 Å². The van der Waals surface area contributed by atoms with Crippen LogP contribution in [0.5, 0.6) is 0 Å². The summed E-state index contributed by atoms with van der Waals surface area (Å²) in [5, 5.41) is 10.0. The number of hydrogen-bond donors (Lipinski definition) is 0. The first kappa shape index (κ1) is 23.0. The Morgan fingerprint density at radius 1 is 0.759 bits per heavy atom. The molecular formula is C26H35NOSi. The fraction of sp³-hybridized carbons (Fsp3) is 0.423. The van der Waals surface area contributed by atoms with Crippen molar-refractivity contribution >= 4 is 8.32 Å². The summed E-state index contributed by atoms with van der Waals surface area (Å²) in [4.78, 5) is 0. The van der Waals surface area contributed by atoms with Gasteiger partial charge in [0.25, 0.3) is 8.32 Å². The summed E-state index contributed by atoms with van der Waals surface area (Å²) in [5.74, 6) is -0.312. The Morgan fingerprint density at radius 3 is 1.62 bits per heavy atom. The van der Waals surface area contributed by atoms with Crippen molar-refractivity contribution in [3.63, 3.8) is 0 Å². The van der Waals surface area contributed by atoms with Crippen molar-refractivity contribution in [2.24, 2.45) is 0 Å². The van der Waals surface area contributed by atoms with Crippen LogP contribution < -0.4 is 0 Å². The normalized spacial score (nSPS) is 14.3. The van der Waals surface area contributed by atoms with Gasteiger partial charge in [0, 0.05) is 5.92 Å². The van der Waals surface area contributed by atoms with Gasteiger partial charge >= 0.3 is 0 Å². The second-order valence-electron chi connectivity index (χ2n) is 8.72. The summed E-state index contributed by atoms with van der Waals surface area (Å²) in [7, 11) is -1.99. The number of hydrogen-bond acceptors (Lipinski definition) is 2. The summed E-state index contributed by atoms with van der Waals surface area (Å²) in [6.45, 7) is 13.7. The SMILES string of the molecule is CC(C)[Si](O/C=C\C(c1ccccc1)C(C#N)c1ccccc1)(C(C)C)C(C)C. The molecule has 2 aromatic rings. The molecule has 3 heteroatoms. The van der Waals surface area contributed by atoms with Crippen molar-refractivity contribution in [1.29, 1.82) is 5.26 Å². The lowest BCUT2D eigenvalue weighted by molar-refractivity contribution is 0.413. The van der Waals surface area contributed by atoms with Crippen LogP contribution in [0.25, 0.3) is 0 Å². The minimum Gasteiger partial charge on any atom is -0.548 e. The van der Waals surface area contributed by atoms with Gasteiger partial charge in [0.2, 0.25) is 0 Å². The largest absolute Gasteiger partial charge is 0.548 e. The zero-order valence-corrected chi connectivity index (χ0v) is 19.7. The molecule has 0 saturated heterocycles. The van der Waals surface area contributed by atoms with Crippen LogP contribution in [0.2, 0.25) is 16.6 Å². The van der Waals surface area contributed by atoms with Crippen LogP contribution in [-0.2, 0) is 4.43 Å². The highest BCUT2D eigenvalue weighted by atomic mass is 28.4. The molecule has 0 heterocycles. The summed E-state index contributed by atoms with van der Waals surface area (Å²) in [6, 6.07) is 22.9. The third-order valence-corrected chi connectivity index (χ3v) is 12.1. The highest BCUT2D eigenvalue weighted by Crippen LogP contribution is 2.43. The number of nitrogens with zero attached hydrogens (tertiary/aromatic N) is 1. The van der Waals surface area contributed by atoms with E-state index in [9.17, 15) is 5.26 Å². The third-order valence-electron chi connectivity index (χ3n) is 6.11. The molecule has 0 saturated carbocycles. The van der Waals surface area contributed by atoms with Crippen molar-refractivity contribution in [3.8, 4) is 6.07 Å². The van der Waals surface area contributed by atoms with Gasteiger partial charge in [-0.1, -0.05) is 102 Å². The lowest BCUT2D eigenvalue weighted by Gasteiger charge is -2.41. The van der Waals surface area contributed by atoms with Crippen LogP contribution in [0.15, 0.2) is 73.0 Å². The molecule has 2 rings (SSSR count). The second-order valence-corrected chi connectivity index (χ2v) is 14.1. The van der Waals surface area contributed by atoms with Crippen molar-refractivity contribution in [3.05, 3.63) is 84.1 Å². The van der Waals surface area contributed by atoms with Crippen LogP contribution >= 0.6 is 0 Å². The molecule has 2 nitrogen and oxygen atoms in total. The number of allylic oxidation sites excluding steroid dienone is 1. The standard InChI is InChI=1S/C26H35NOSi/c1-20(2)29(21(3)4,22(5)6)28-18-17-25(23-13-9-7-10-14-23)26(19-27)24-15-11-8-12-16-24/h7-18,20-22,25-26H,1-6H3/b18-17-. The number of rotatable bonds is 9. The lowest BCUT2D eigenvalue weighted by Crippen LogP contribution is -2.46. The molecule has 2 aromatic carbocycles. The summed E-state index contributed by atoms with van der Waals surface area (Å²) in [6.07, 6.45) is 4.02. The molecule has 0 amide bonds. The first-order valence-corrected chi connectivity index (χ1v) is 12.8. The Bertz CT molecular complexity index is 784. The molecule has 0 N–H and O–H groups in total. The van der Waals surface area contributed by atoms with Crippen LogP contribution in [0.3, 0.4) is 0 Å². The molecule has 29 heavy (non-hydrogen) atoms. The average molecular weight is 406 g/mol. The van der Waals surface area contributed by atoms with Gasteiger partial charge < -0.3 is 4.43 Å². The Kier molecular flexibility index (Phi) is 8.28. The van der Waals surface area contributed by atoms with Crippen molar-refractivity contribution < 1.29 is 4.43 Å². The topological polar surface area (TPSA) is 33.0 Å². The van der Waals surface area contributed by atoms with Gasteiger partial charge in [-0.3, -0.25) is 0 Å². The maximum Gasteiger partial charge on any atom is 0.257 e. The first-order chi connectivity index (χ1) is 13.8. The maximum atomic E-state index is 10.0. The molecule has 0 aromatic heterocycles. The predicted molar refractivity (Wildman–Crippen MR) is 125 cm³/mol. The number of benzene rings is 2. The van der Waals surface area contributed by atoms with Crippen LogP contribution in [0, 0.1) is 11.3 Å². The molecule has 2 atom stereocenters. The van der Waals surface area contributed by atoms with Crippen LogP contribution in [0.4, 0.5) is 0 Å². The quantitative estimate of drug-likeness (QED) is 0.315. The predicted octanol–water partition coefficient (Wildman–Crippen LogP) is 7.78. The monoisotopic (exact) mass is 405 g/mol. The van der Waals surface area contributed by atoms with E-state index in [1.54, 1.807) is 0 Å². The van der Waals surface area contributed by atoms with E-state index < -0.39 is 8.32 Å². The lowest BCUT2D eigenvalue weighted by atomic mass is 9.82. The number of nitriles is 1. The minimum absolute atomic E-state index is 0.0539. The van der Waals surface area contributed by atoms with Gasteiger partial charge in [0.15, 0.2) is 0 Å². The van der Waals surface area contributed by atoms with Gasteiger partial charge in [-0.05, 0) is 33.8 Å². The molecular weight excluding hydrogens is 370 g/mol. The summed E-state index contributed by atoms with van der Waals surface area (Å²) < 4.78 is 6.65. The average Bonchev–Trinajstić information content (AvgIpc) is 2.71. The maximum absolute atomic E-state index is 10.0. The minimum atomic E-state index is -1.99. The zero-order chi connectivity index (χ0) is 21.4. The molecule has 0 aliphatic rings. The highest BCUT2D eigenvalue weighted by molar-refractivity contribution is 6.77. The highest BCUT2D eigenvalue weighted by Gasteiger charge is 2.46. The van der Waals surface area contributed by atoms with E-state index in [4.69, 9.17) is 4.43 Å². The fourth-order valence-corrected chi connectivity index (χ4v) is 9.89. The van der Waals surface area contributed by atoms with E-state index in [2.05, 4.69) is 65.8 Å². The van der Waals surface area contributed by atoms with E-state index in [1.165, 1.54) is 0 Å². The first-order valence-electron chi connectivity index (χ1n) is 10.7. The molecule has 154 valence electrons. The molecule has 0 radical (unpaired) electrons. The molecule has 0 aliphatic carbocycles. The molecule has 0 spiro atoms. The van der Waals surface area contributed by atoms with Gasteiger partial charge in [0.1, 0.15) is 0 Å². The molecule has 2 unspecified atom stereocenters.